The number of thioether (sulfide) groups is 1. The van der Waals surface area contributed by atoms with Crippen LogP contribution in [0.15, 0.2) is 17.0 Å². The van der Waals surface area contributed by atoms with E-state index < -0.39 is 34.0 Å². The Morgan fingerprint density at radius 1 is 0.842 bits per heavy atom. The number of halogens is 9. The van der Waals surface area contributed by atoms with Gasteiger partial charge in [-0.2, -0.15) is 26.3 Å². The summed E-state index contributed by atoms with van der Waals surface area (Å²) < 4.78 is 87.2. The molecule has 1 rings (SSSR count). The van der Waals surface area contributed by atoms with Gasteiger partial charge >= 0.3 is 17.4 Å². The van der Waals surface area contributed by atoms with Gasteiger partial charge in [0, 0.05) is 11.0 Å². The Labute approximate surface area is 116 Å². The molecule has 10 heteroatoms. The fraction of sp³-hybridized carbons (Fsp3) is 0.333. The third-order valence-corrected chi connectivity index (χ3v) is 3.39. The molecule has 0 saturated heterocycles. The van der Waals surface area contributed by atoms with Crippen LogP contribution in [0, 0.1) is 6.07 Å². The van der Waals surface area contributed by atoms with Crippen molar-refractivity contribution in [3.8, 4) is 0 Å². The molecule has 0 fully saturated rings. The summed E-state index contributed by atoms with van der Waals surface area (Å²) in [5.41, 5.74) is 0. The Morgan fingerprint density at radius 3 is 1.53 bits per heavy atom. The summed E-state index contributed by atoms with van der Waals surface area (Å²) in [5, 5.41) is -6.11. The Kier molecular flexibility index (Phi) is 4.59. The molecule has 107 valence electrons. The minimum absolute atomic E-state index is 0.332. The summed E-state index contributed by atoms with van der Waals surface area (Å²) in [5.74, 6) is 0. The van der Waals surface area contributed by atoms with E-state index in [2.05, 4.69) is 6.07 Å². The highest BCUT2D eigenvalue weighted by atomic mass is 35.5. The van der Waals surface area contributed by atoms with Crippen LogP contribution < -0.4 is 0 Å². The first-order chi connectivity index (χ1) is 8.37. The van der Waals surface area contributed by atoms with Gasteiger partial charge in [0.15, 0.2) is 0 Å². The van der Waals surface area contributed by atoms with E-state index in [9.17, 15) is 30.7 Å². The molecule has 19 heavy (non-hydrogen) atoms. The first-order valence-corrected chi connectivity index (χ1v) is 5.84. The van der Waals surface area contributed by atoms with E-state index in [1.165, 1.54) is 0 Å². The van der Waals surface area contributed by atoms with Crippen molar-refractivity contribution in [2.45, 2.75) is 22.2 Å². The van der Waals surface area contributed by atoms with Crippen molar-refractivity contribution in [2.75, 3.05) is 0 Å². The second-order valence-electron chi connectivity index (χ2n) is 3.20. The molecule has 0 heterocycles. The molecule has 0 bridgehead atoms. The van der Waals surface area contributed by atoms with Crippen LogP contribution in [-0.4, -0.2) is 17.4 Å². The van der Waals surface area contributed by atoms with E-state index in [1.807, 2.05) is 0 Å². The van der Waals surface area contributed by atoms with Crippen molar-refractivity contribution in [1.82, 2.24) is 0 Å². The number of rotatable bonds is 2. The van der Waals surface area contributed by atoms with Crippen LogP contribution in [0.25, 0.3) is 0 Å². The van der Waals surface area contributed by atoms with Crippen LogP contribution in [-0.2, 0) is 0 Å². The van der Waals surface area contributed by atoms with Crippen molar-refractivity contribution < 1.29 is 30.7 Å². The smallest absolute Gasteiger partial charge is 0.211 e. The molecule has 1 aromatic rings. The molecule has 0 aliphatic heterocycles. The fourth-order valence-electron chi connectivity index (χ4n) is 0.975. The SMILES string of the molecule is FC(F)(F)C(F)(Sc1cc(Cl)[c]c(Cl)c1)C(F)(F)F. The highest BCUT2D eigenvalue weighted by Gasteiger charge is 2.73. The molecule has 0 nitrogen and oxygen atoms in total. The maximum absolute atomic E-state index is 13.4. The van der Waals surface area contributed by atoms with E-state index in [0.717, 1.165) is 0 Å². The summed E-state index contributed by atoms with van der Waals surface area (Å²) >= 11 is 9.67. The van der Waals surface area contributed by atoms with Gasteiger partial charge in [0.25, 0.3) is 0 Å². The summed E-state index contributed by atoms with van der Waals surface area (Å²) in [6.45, 7) is 0. The summed E-state index contributed by atoms with van der Waals surface area (Å²) in [6, 6.07) is 3.60. The van der Waals surface area contributed by atoms with Gasteiger partial charge in [-0.05, 0) is 12.1 Å². The maximum Gasteiger partial charge on any atom is 0.441 e. The van der Waals surface area contributed by atoms with Crippen LogP contribution >= 0.6 is 35.0 Å². The fourth-order valence-corrected chi connectivity index (χ4v) is 2.50. The van der Waals surface area contributed by atoms with Gasteiger partial charge in [-0.3, -0.25) is 0 Å². The Balaban J connectivity index is 3.23. The number of hydrogen-bond donors (Lipinski definition) is 0. The Morgan fingerprint density at radius 2 is 1.21 bits per heavy atom. The minimum Gasteiger partial charge on any atom is -0.211 e. The van der Waals surface area contributed by atoms with E-state index >= 15 is 0 Å². The number of benzene rings is 1. The lowest BCUT2D eigenvalue weighted by molar-refractivity contribution is -0.302. The first-order valence-electron chi connectivity index (χ1n) is 4.26. The molecule has 0 atom stereocenters. The monoisotopic (exact) mass is 345 g/mol. The lowest BCUT2D eigenvalue weighted by Gasteiger charge is -2.29. The van der Waals surface area contributed by atoms with Gasteiger partial charge in [0.1, 0.15) is 0 Å². The number of hydrogen-bond acceptors (Lipinski definition) is 1. The van der Waals surface area contributed by atoms with Gasteiger partial charge in [0.05, 0.1) is 10.0 Å². The largest absolute Gasteiger partial charge is 0.441 e. The van der Waals surface area contributed by atoms with Crippen molar-refractivity contribution >= 4 is 35.0 Å². The zero-order valence-electron chi connectivity index (χ0n) is 8.46. The summed E-state index contributed by atoms with van der Waals surface area (Å²) in [7, 11) is 0. The van der Waals surface area contributed by atoms with Crippen LogP contribution in [0.5, 0.6) is 0 Å². The second kappa shape index (κ2) is 5.21. The van der Waals surface area contributed by atoms with Crippen molar-refractivity contribution in [3.05, 3.63) is 28.2 Å². The van der Waals surface area contributed by atoms with Crippen LogP contribution in [0.1, 0.15) is 0 Å². The molecule has 0 unspecified atom stereocenters. The zero-order chi connectivity index (χ0) is 15.1. The topological polar surface area (TPSA) is 0 Å². The average Bonchev–Trinajstić information content (AvgIpc) is 2.11. The quantitative estimate of drug-likeness (QED) is 0.491. The van der Waals surface area contributed by atoms with Gasteiger partial charge in [-0.1, -0.05) is 35.0 Å². The molecule has 0 aliphatic rings. The van der Waals surface area contributed by atoms with Gasteiger partial charge in [-0.15, -0.1) is 0 Å². The van der Waals surface area contributed by atoms with E-state index in [4.69, 9.17) is 23.2 Å². The minimum atomic E-state index is -6.14. The highest BCUT2D eigenvalue weighted by molar-refractivity contribution is 8.00. The number of alkyl halides is 7. The molecule has 0 N–H and O–H groups in total. The molecular weight excluding hydrogens is 344 g/mol. The van der Waals surface area contributed by atoms with Gasteiger partial charge in [0.2, 0.25) is 0 Å². The van der Waals surface area contributed by atoms with Crippen LogP contribution in [0.4, 0.5) is 30.7 Å². The molecule has 1 radical (unpaired) electrons. The van der Waals surface area contributed by atoms with E-state index in [1.54, 1.807) is 0 Å². The Hall–Kier alpha value is -0.340. The van der Waals surface area contributed by atoms with Crippen molar-refractivity contribution in [2.24, 2.45) is 0 Å². The van der Waals surface area contributed by atoms with Crippen molar-refractivity contribution in [3.63, 3.8) is 0 Å². The highest BCUT2D eigenvalue weighted by Crippen LogP contribution is 2.55. The average molecular weight is 346 g/mol. The zero-order valence-corrected chi connectivity index (χ0v) is 10.8. The molecular formula is C9H2Cl2F7S. The summed E-state index contributed by atoms with van der Waals surface area (Å²) in [6.07, 6.45) is -12.3. The van der Waals surface area contributed by atoms with Crippen LogP contribution in [0.3, 0.4) is 0 Å². The van der Waals surface area contributed by atoms with Crippen LogP contribution in [0.2, 0.25) is 10.0 Å². The lowest BCUT2D eigenvalue weighted by Crippen LogP contribution is -2.50. The summed E-state index contributed by atoms with van der Waals surface area (Å²) in [4.78, 5) is -0.717. The first kappa shape index (κ1) is 16.7. The predicted molar refractivity (Wildman–Crippen MR) is 57.1 cm³/mol. The molecule has 1 aromatic carbocycles. The molecule has 0 amide bonds. The van der Waals surface area contributed by atoms with Gasteiger partial charge < -0.3 is 0 Å². The third-order valence-electron chi connectivity index (χ3n) is 1.76. The predicted octanol–water partition coefficient (Wildman–Crippen LogP) is 5.68. The normalized spacial score (nSPS) is 13.7. The molecule has 0 saturated carbocycles. The second-order valence-corrected chi connectivity index (χ2v) is 5.26. The standard InChI is InChI=1S/C9H2Cl2F7S/c10-4-1-5(11)3-6(2-4)19-7(12,8(13,14)15)9(16,17)18/h2-3H. The van der Waals surface area contributed by atoms with E-state index in [0.29, 0.717) is 12.1 Å². The third kappa shape index (κ3) is 3.61. The van der Waals surface area contributed by atoms with Gasteiger partial charge in [-0.25, -0.2) is 4.39 Å². The molecule has 0 spiro atoms. The molecule has 0 aliphatic carbocycles. The van der Waals surface area contributed by atoms with Crippen molar-refractivity contribution in [1.29, 1.82) is 0 Å². The molecule has 0 aromatic heterocycles. The van der Waals surface area contributed by atoms with E-state index in [-0.39, 0.29) is 10.0 Å². The lowest BCUT2D eigenvalue weighted by atomic mass is 10.3. The maximum atomic E-state index is 13.4. The Bertz CT molecular complexity index is 434.